The first kappa shape index (κ1) is 28.7. The van der Waals surface area contributed by atoms with Gasteiger partial charge in [-0.15, -0.1) is 5.53 Å². The molecule has 2 N–H and O–H groups in total. The van der Waals surface area contributed by atoms with Gasteiger partial charge in [0.15, 0.2) is 0 Å². The minimum atomic E-state index is -4.53. The van der Waals surface area contributed by atoms with Crippen LogP contribution < -0.4 is 15.9 Å². The average Bonchev–Trinajstić information content (AvgIpc) is 3.46. The van der Waals surface area contributed by atoms with Gasteiger partial charge in [0.05, 0.1) is 23.1 Å². The highest BCUT2D eigenvalue weighted by molar-refractivity contribution is 6.05. The quantitative estimate of drug-likeness (QED) is 0.394. The van der Waals surface area contributed by atoms with Crippen molar-refractivity contribution in [1.82, 2.24) is 25.2 Å². The topological polar surface area (TPSA) is 68.7 Å². The normalized spacial score (nSPS) is 16.3. The van der Waals surface area contributed by atoms with Crippen LogP contribution in [0.1, 0.15) is 63.1 Å². The number of piperidine rings is 1. The standard InChI is InChI=1S/C30H36F3N7O/c1-19-9-10-22(14-27(19)40-18-28(38(5)36-40)25-16-34-37(4)21(25)3)29(41)35-24-13-23(17-39-11-7-6-8-12-39)20(2)26(15-24)30(31,32)33/h9-10,13-16,18,36H,6-8,11-12,17H2,1-5H3,(H,35,41). The van der Waals surface area contributed by atoms with Crippen LogP contribution in [0.15, 0.2) is 42.7 Å². The van der Waals surface area contributed by atoms with Gasteiger partial charge in [0.25, 0.3) is 5.91 Å². The van der Waals surface area contributed by atoms with Gasteiger partial charge in [-0.05, 0) is 87.7 Å². The molecular weight excluding hydrogens is 531 g/mol. The maximum atomic E-state index is 14.0. The molecule has 0 atom stereocenters. The molecule has 0 unspecified atom stereocenters. The van der Waals surface area contributed by atoms with Crippen LogP contribution in [0.25, 0.3) is 5.70 Å². The molecule has 1 amide bonds. The number of benzene rings is 2. The number of carbonyl (C=O) groups excluding carboxylic acids is 1. The highest BCUT2D eigenvalue weighted by Crippen LogP contribution is 2.36. The van der Waals surface area contributed by atoms with Gasteiger partial charge in [-0.2, -0.15) is 18.3 Å². The number of halogens is 3. The maximum Gasteiger partial charge on any atom is 0.416 e. The third-order valence-corrected chi connectivity index (χ3v) is 8.03. The largest absolute Gasteiger partial charge is 0.416 e. The molecule has 3 aromatic rings. The van der Waals surface area contributed by atoms with Crippen LogP contribution in [0, 0.1) is 20.8 Å². The summed E-state index contributed by atoms with van der Waals surface area (Å²) in [6.45, 7) is 7.58. The molecule has 11 heteroatoms. The predicted molar refractivity (Wildman–Crippen MR) is 154 cm³/mol. The number of likely N-dealkylation sites (tertiary alicyclic amines) is 1. The summed E-state index contributed by atoms with van der Waals surface area (Å²) in [7, 11) is 3.77. The third-order valence-electron chi connectivity index (χ3n) is 8.03. The number of nitrogens with zero attached hydrogens (tertiary/aromatic N) is 5. The molecule has 1 aromatic heterocycles. The summed E-state index contributed by atoms with van der Waals surface area (Å²) in [5.74, 6) is -0.480. The van der Waals surface area contributed by atoms with Gasteiger partial charge in [-0.1, -0.05) is 12.5 Å². The number of anilines is 2. The third kappa shape index (κ3) is 5.96. The fourth-order valence-corrected chi connectivity index (χ4v) is 5.45. The SMILES string of the molecule is Cc1ccc(C(=O)Nc2cc(CN3CCCCC3)c(C)c(C(F)(F)F)c2)cc1N1C=C(c2cnn(C)c2C)N(C)N1. The predicted octanol–water partition coefficient (Wildman–Crippen LogP) is 5.77. The average molecular weight is 568 g/mol. The highest BCUT2D eigenvalue weighted by Gasteiger charge is 2.34. The van der Waals surface area contributed by atoms with E-state index in [0.717, 1.165) is 66.6 Å². The number of amides is 1. The summed E-state index contributed by atoms with van der Waals surface area (Å²) in [5.41, 5.74) is 8.34. The molecule has 5 rings (SSSR count). The van der Waals surface area contributed by atoms with Crippen molar-refractivity contribution in [3.63, 3.8) is 0 Å². The van der Waals surface area contributed by atoms with Crippen LogP contribution in [0.3, 0.4) is 0 Å². The summed E-state index contributed by atoms with van der Waals surface area (Å²) in [4.78, 5) is 15.5. The van der Waals surface area contributed by atoms with Crippen molar-refractivity contribution in [2.75, 3.05) is 30.5 Å². The molecule has 0 saturated carbocycles. The fourth-order valence-electron chi connectivity index (χ4n) is 5.45. The van der Waals surface area contributed by atoms with Crippen molar-refractivity contribution in [2.24, 2.45) is 7.05 Å². The first-order valence-electron chi connectivity index (χ1n) is 13.8. The van der Waals surface area contributed by atoms with E-state index in [1.54, 1.807) is 29.1 Å². The summed E-state index contributed by atoms with van der Waals surface area (Å²) in [5, 5.41) is 10.7. The number of hydrogen-bond donors (Lipinski definition) is 2. The van der Waals surface area contributed by atoms with E-state index in [2.05, 4.69) is 20.9 Å². The molecule has 0 aliphatic carbocycles. The van der Waals surface area contributed by atoms with Crippen molar-refractivity contribution < 1.29 is 18.0 Å². The minimum Gasteiger partial charge on any atom is -0.322 e. The first-order valence-corrected chi connectivity index (χ1v) is 13.8. The Morgan fingerprint density at radius 3 is 2.44 bits per heavy atom. The molecule has 2 aliphatic rings. The van der Waals surface area contributed by atoms with Crippen molar-refractivity contribution in [3.8, 4) is 0 Å². The van der Waals surface area contributed by atoms with Crippen LogP contribution in [-0.4, -0.2) is 45.7 Å². The van der Waals surface area contributed by atoms with E-state index < -0.39 is 17.6 Å². The first-order chi connectivity index (χ1) is 19.4. The van der Waals surface area contributed by atoms with E-state index in [9.17, 15) is 18.0 Å². The molecule has 218 valence electrons. The van der Waals surface area contributed by atoms with Crippen molar-refractivity contribution in [1.29, 1.82) is 0 Å². The lowest BCUT2D eigenvalue weighted by Crippen LogP contribution is -2.38. The number of alkyl halides is 3. The van der Waals surface area contributed by atoms with E-state index in [-0.39, 0.29) is 11.3 Å². The molecular formula is C30H36F3N7O. The molecule has 1 saturated heterocycles. The zero-order valence-electron chi connectivity index (χ0n) is 24.1. The molecule has 2 aliphatic heterocycles. The number of hydrogen-bond acceptors (Lipinski definition) is 6. The number of nitrogens with one attached hydrogen (secondary N) is 2. The van der Waals surface area contributed by atoms with Gasteiger partial charge in [0, 0.05) is 49.3 Å². The van der Waals surface area contributed by atoms with Crippen molar-refractivity contribution >= 4 is 23.0 Å². The van der Waals surface area contributed by atoms with Crippen LogP contribution in [0.2, 0.25) is 0 Å². The second-order valence-corrected chi connectivity index (χ2v) is 10.9. The van der Waals surface area contributed by atoms with Crippen molar-refractivity contribution in [3.05, 3.63) is 81.8 Å². The number of rotatable bonds is 6. The zero-order valence-corrected chi connectivity index (χ0v) is 24.1. The Labute approximate surface area is 238 Å². The van der Waals surface area contributed by atoms with Crippen LogP contribution >= 0.6 is 0 Å². The van der Waals surface area contributed by atoms with Gasteiger partial charge >= 0.3 is 6.18 Å². The van der Waals surface area contributed by atoms with Crippen molar-refractivity contribution in [2.45, 2.75) is 52.8 Å². The molecule has 0 spiro atoms. The molecule has 1 fully saturated rings. The molecule has 3 heterocycles. The Morgan fingerprint density at radius 1 is 1.05 bits per heavy atom. The van der Waals surface area contributed by atoms with Gasteiger partial charge in [-0.25, -0.2) is 0 Å². The highest BCUT2D eigenvalue weighted by atomic mass is 19.4. The van der Waals surface area contributed by atoms with E-state index in [0.29, 0.717) is 17.7 Å². The number of aromatic nitrogens is 2. The van der Waals surface area contributed by atoms with E-state index >= 15 is 0 Å². The monoisotopic (exact) mass is 567 g/mol. The summed E-state index contributed by atoms with van der Waals surface area (Å²) < 4.78 is 43.7. The lowest BCUT2D eigenvalue weighted by Gasteiger charge is -2.28. The lowest BCUT2D eigenvalue weighted by molar-refractivity contribution is -0.138. The van der Waals surface area contributed by atoms with E-state index in [1.807, 2.05) is 50.2 Å². The Balaban J connectivity index is 1.41. The van der Waals surface area contributed by atoms with Crippen LogP contribution in [0.5, 0.6) is 0 Å². The molecule has 2 aromatic carbocycles. The molecule has 0 bridgehead atoms. The number of aryl methyl sites for hydroxylation is 2. The van der Waals surface area contributed by atoms with E-state index in [4.69, 9.17) is 0 Å². The molecule has 41 heavy (non-hydrogen) atoms. The number of hydrazine groups is 2. The number of carbonyl (C=O) groups is 1. The molecule has 0 radical (unpaired) electrons. The Bertz CT molecular complexity index is 1490. The lowest BCUT2D eigenvalue weighted by atomic mass is 9.99. The zero-order chi connectivity index (χ0) is 29.5. The second-order valence-electron chi connectivity index (χ2n) is 10.9. The molecule has 8 nitrogen and oxygen atoms in total. The summed E-state index contributed by atoms with van der Waals surface area (Å²) in [6, 6.07) is 7.94. The van der Waals surface area contributed by atoms with Gasteiger partial charge < -0.3 is 5.32 Å². The van der Waals surface area contributed by atoms with Gasteiger partial charge in [0.2, 0.25) is 0 Å². The smallest absolute Gasteiger partial charge is 0.322 e. The fraction of sp³-hybridized carbons (Fsp3) is 0.400. The van der Waals surface area contributed by atoms with E-state index in [1.165, 1.54) is 6.92 Å². The van der Waals surface area contributed by atoms with Crippen LogP contribution in [-0.2, 0) is 19.8 Å². The van der Waals surface area contributed by atoms with Gasteiger partial charge in [-0.3, -0.25) is 24.4 Å². The second kappa shape index (κ2) is 11.2. The van der Waals surface area contributed by atoms with Gasteiger partial charge in [0.1, 0.15) is 0 Å². The minimum absolute atomic E-state index is 0.135. The maximum absolute atomic E-state index is 14.0. The Kier molecular flexibility index (Phi) is 7.85. The van der Waals surface area contributed by atoms with Crippen LogP contribution in [0.4, 0.5) is 24.5 Å². The summed E-state index contributed by atoms with van der Waals surface area (Å²) >= 11 is 0. The Morgan fingerprint density at radius 2 is 1.78 bits per heavy atom. The Hall–Kier alpha value is -3.83. The summed E-state index contributed by atoms with van der Waals surface area (Å²) in [6.07, 6.45) is 2.42.